The molecule has 0 saturated heterocycles. The van der Waals surface area contributed by atoms with Crippen molar-refractivity contribution in [1.29, 1.82) is 0 Å². The van der Waals surface area contributed by atoms with Gasteiger partial charge in [-0.25, -0.2) is 0 Å². The predicted molar refractivity (Wildman–Crippen MR) is 250 cm³/mol. The Balaban J connectivity index is 1.36. The number of nitrogens with zero attached hydrogens (tertiary/aromatic N) is 1. The standard InChI is InChI=1S/C58H57N/c1-39(2)47-34-40-20-16-17-21-41(40)36-54(47)59(45-26-14-9-15-27-45)55-38-52-49(37-48(55)42-30-31-51-53(35-42)57(5,6)33-32-56(51,3)4)46-28-18-19-29-50(46)58(52,43-22-10-7-11-23-43)44-24-12-8-13-25-44/h7-15,18-19,22-31,34-39H,16-17,20-21,32-33H2,1-6H3. The molecule has 0 N–H and O–H groups in total. The van der Waals surface area contributed by atoms with Crippen LogP contribution >= 0.6 is 0 Å². The van der Waals surface area contributed by atoms with E-state index >= 15 is 0 Å². The zero-order valence-electron chi connectivity index (χ0n) is 35.8. The molecule has 0 radical (unpaired) electrons. The van der Waals surface area contributed by atoms with E-state index in [0.717, 1.165) is 6.42 Å². The molecule has 294 valence electrons. The van der Waals surface area contributed by atoms with Crippen molar-refractivity contribution in [2.45, 2.75) is 102 Å². The van der Waals surface area contributed by atoms with Gasteiger partial charge in [-0.1, -0.05) is 169 Å². The Kier molecular flexibility index (Phi) is 9.09. The molecule has 1 nitrogen and oxygen atoms in total. The van der Waals surface area contributed by atoms with Gasteiger partial charge in [-0.05, 0) is 152 Å². The van der Waals surface area contributed by atoms with Crippen LogP contribution in [0.3, 0.4) is 0 Å². The van der Waals surface area contributed by atoms with Gasteiger partial charge in [-0.15, -0.1) is 0 Å². The summed E-state index contributed by atoms with van der Waals surface area (Å²) in [5.41, 5.74) is 21.3. The topological polar surface area (TPSA) is 3.24 Å². The van der Waals surface area contributed by atoms with E-state index in [0.29, 0.717) is 5.92 Å². The van der Waals surface area contributed by atoms with Gasteiger partial charge in [0.2, 0.25) is 0 Å². The van der Waals surface area contributed by atoms with E-state index in [4.69, 9.17) is 0 Å². The monoisotopic (exact) mass is 767 g/mol. The number of hydrogen-bond acceptors (Lipinski definition) is 1. The molecule has 7 aromatic rings. The molecule has 0 unspecified atom stereocenters. The molecule has 0 aromatic heterocycles. The quantitative estimate of drug-likeness (QED) is 0.156. The maximum absolute atomic E-state index is 2.64. The molecule has 1 heteroatoms. The first-order chi connectivity index (χ1) is 28.6. The summed E-state index contributed by atoms with van der Waals surface area (Å²) in [5.74, 6) is 0.352. The molecule has 0 heterocycles. The first-order valence-corrected chi connectivity index (χ1v) is 22.1. The van der Waals surface area contributed by atoms with Gasteiger partial charge >= 0.3 is 0 Å². The molecule has 0 aliphatic heterocycles. The fourth-order valence-electron chi connectivity index (χ4n) is 11.1. The summed E-state index contributed by atoms with van der Waals surface area (Å²) in [7, 11) is 0. The summed E-state index contributed by atoms with van der Waals surface area (Å²) in [4.78, 5) is 2.64. The molecular weight excluding hydrogens is 711 g/mol. The summed E-state index contributed by atoms with van der Waals surface area (Å²) in [6, 6.07) is 60.7. The molecule has 10 rings (SSSR count). The van der Waals surface area contributed by atoms with E-state index in [1.54, 1.807) is 0 Å². The first-order valence-electron chi connectivity index (χ1n) is 22.1. The van der Waals surface area contributed by atoms with Crippen LogP contribution in [-0.4, -0.2) is 0 Å². The first kappa shape index (κ1) is 37.6. The Morgan fingerprint density at radius 3 is 1.68 bits per heavy atom. The highest BCUT2D eigenvalue weighted by atomic mass is 15.1. The zero-order chi connectivity index (χ0) is 40.5. The SMILES string of the molecule is CC(C)c1cc2c(cc1N(c1ccccc1)c1cc3c(cc1-c1ccc4c(c1)C(C)(C)CCC4(C)C)-c1ccccc1C3(c1ccccc1)c1ccccc1)CCCC2. The highest BCUT2D eigenvalue weighted by molar-refractivity contribution is 5.97. The lowest BCUT2D eigenvalue weighted by atomic mass is 9.63. The maximum Gasteiger partial charge on any atom is 0.0714 e. The zero-order valence-corrected chi connectivity index (χ0v) is 35.8. The second kappa shape index (κ2) is 14.3. The number of fused-ring (bicyclic) bond motifs is 5. The lowest BCUT2D eigenvalue weighted by molar-refractivity contribution is 0.332. The van der Waals surface area contributed by atoms with Gasteiger partial charge in [-0.2, -0.15) is 0 Å². The number of benzene rings is 7. The highest BCUT2D eigenvalue weighted by Gasteiger charge is 2.47. The Morgan fingerprint density at radius 1 is 0.458 bits per heavy atom. The van der Waals surface area contributed by atoms with Crippen molar-refractivity contribution in [3.63, 3.8) is 0 Å². The third-order valence-corrected chi connectivity index (χ3v) is 14.3. The third kappa shape index (κ3) is 6.03. The number of para-hydroxylation sites is 1. The minimum atomic E-state index is -0.511. The van der Waals surface area contributed by atoms with Gasteiger partial charge in [-0.3, -0.25) is 0 Å². The normalized spacial score (nSPS) is 16.8. The van der Waals surface area contributed by atoms with Crippen molar-refractivity contribution in [1.82, 2.24) is 0 Å². The summed E-state index contributed by atoms with van der Waals surface area (Å²) >= 11 is 0. The largest absolute Gasteiger partial charge is 0.310 e. The predicted octanol–water partition coefficient (Wildman–Crippen LogP) is 15.5. The summed E-state index contributed by atoms with van der Waals surface area (Å²) in [6.45, 7) is 14.5. The smallest absolute Gasteiger partial charge is 0.0714 e. The average molecular weight is 768 g/mol. The van der Waals surface area contributed by atoms with E-state index < -0.39 is 5.41 Å². The number of rotatable bonds is 7. The van der Waals surface area contributed by atoms with Crippen molar-refractivity contribution in [3.05, 3.63) is 208 Å². The summed E-state index contributed by atoms with van der Waals surface area (Å²) < 4.78 is 0. The molecule has 0 fully saturated rings. The fourth-order valence-corrected chi connectivity index (χ4v) is 11.1. The molecule has 0 amide bonds. The lowest BCUT2D eigenvalue weighted by Crippen LogP contribution is -2.33. The van der Waals surface area contributed by atoms with Crippen LogP contribution in [-0.2, 0) is 29.1 Å². The minimum Gasteiger partial charge on any atom is -0.310 e. The van der Waals surface area contributed by atoms with Crippen LogP contribution in [0.2, 0.25) is 0 Å². The van der Waals surface area contributed by atoms with Crippen LogP contribution in [0.5, 0.6) is 0 Å². The Bertz CT molecular complexity index is 2640. The third-order valence-electron chi connectivity index (χ3n) is 14.3. The summed E-state index contributed by atoms with van der Waals surface area (Å²) in [5, 5.41) is 0. The molecule has 59 heavy (non-hydrogen) atoms. The van der Waals surface area contributed by atoms with Crippen molar-refractivity contribution in [2.75, 3.05) is 4.90 Å². The Hall–Kier alpha value is -5.66. The van der Waals surface area contributed by atoms with Gasteiger partial charge in [0.15, 0.2) is 0 Å². The molecule has 0 spiro atoms. The fraction of sp³-hybridized carbons (Fsp3) is 0.276. The second-order valence-electron chi connectivity index (χ2n) is 19.2. The van der Waals surface area contributed by atoms with E-state index in [1.807, 2.05) is 0 Å². The number of aryl methyl sites for hydroxylation is 2. The number of hydrogen-bond donors (Lipinski definition) is 0. The van der Waals surface area contributed by atoms with Crippen molar-refractivity contribution < 1.29 is 0 Å². The van der Waals surface area contributed by atoms with Crippen molar-refractivity contribution in [2.24, 2.45) is 0 Å². The van der Waals surface area contributed by atoms with Crippen molar-refractivity contribution >= 4 is 17.1 Å². The van der Waals surface area contributed by atoms with Gasteiger partial charge in [0.25, 0.3) is 0 Å². The van der Waals surface area contributed by atoms with Crippen LogP contribution in [0.25, 0.3) is 22.3 Å². The minimum absolute atomic E-state index is 0.0859. The molecule has 3 aliphatic carbocycles. The molecule has 0 atom stereocenters. The van der Waals surface area contributed by atoms with Gasteiger partial charge in [0, 0.05) is 16.9 Å². The van der Waals surface area contributed by atoms with Gasteiger partial charge in [0.1, 0.15) is 0 Å². The van der Waals surface area contributed by atoms with Crippen LogP contribution in [0, 0.1) is 0 Å². The van der Waals surface area contributed by atoms with Gasteiger partial charge < -0.3 is 4.90 Å². The van der Waals surface area contributed by atoms with Crippen molar-refractivity contribution in [3.8, 4) is 22.3 Å². The van der Waals surface area contributed by atoms with E-state index in [2.05, 4.69) is 204 Å². The average Bonchev–Trinajstić information content (AvgIpc) is 3.55. The van der Waals surface area contributed by atoms with Crippen LogP contribution in [0.1, 0.15) is 123 Å². The van der Waals surface area contributed by atoms with E-state index in [-0.39, 0.29) is 10.8 Å². The molecule has 0 saturated carbocycles. The molecule has 0 bridgehead atoms. The number of anilines is 3. The van der Waals surface area contributed by atoms with Crippen LogP contribution in [0.15, 0.2) is 158 Å². The Labute approximate surface area is 352 Å². The molecule has 3 aliphatic rings. The second-order valence-corrected chi connectivity index (χ2v) is 19.2. The molecule has 7 aromatic carbocycles. The van der Waals surface area contributed by atoms with Crippen LogP contribution in [0.4, 0.5) is 17.1 Å². The lowest BCUT2D eigenvalue weighted by Gasteiger charge is -2.42. The van der Waals surface area contributed by atoms with E-state index in [1.165, 1.54) is 121 Å². The Morgan fingerprint density at radius 2 is 1.03 bits per heavy atom. The molecular formula is C58H57N. The van der Waals surface area contributed by atoms with Gasteiger partial charge in [0.05, 0.1) is 11.1 Å². The summed E-state index contributed by atoms with van der Waals surface area (Å²) in [6.07, 6.45) is 7.21. The highest BCUT2D eigenvalue weighted by Crippen LogP contribution is 2.59. The maximum atomic E-state index is 2.64. The van der Waals surface area contributed by atoms with Crippen LogP contribution < -0.4 is 4.90 Å². The van der Waals surface area contributed by atoms with E-state index in [9.17, 15) is 0 Å².